The number of carbonyl (C=O) groups excluding carboxylic acids is 1. The molecule has 2 atom stereocenters. The third-order valence-electron chi connectivity index (χ3n) is 4.37. The summed E-state index contributed by atoms with van der Waals surface area (Å²) < 4.78 is 5.19. The first kappa shape index (κ1) is 23.7. The number of aliphatic imine (C=N–C) groups is 1. The number of methoxy groups -OCH3 is 1. The quantitative estimate of drug-likeness (QED) is 0.346. The van der Waals surface area contributed by atoms with Gasteiger partial charge in [-0.25, -0.2) is 0 Å². The molecule has 0 heterocycles. The summed E-state index contributed by atoms with van der Waals surface area (Å²) in [4.78, 5) is 16.9. The van der Waals surface area contributed by atoms with Gasteiger partial charge in [-0.15, -0.1) is 0 Å². The maximum absolute atomic E-state index is 12.3. The lowest BCUT2D eigenvalue weighted by atomic mass is 9.94. The summed E-state index contributed by atoms with van der Waals surface area (Å²) in [5, 5.41) is 7.47. The Bertz CT molecular complexity index is 488. The van der Waals surface area contributed by atoms with E-state index in [-0.39, 0.29) is 5.78 Å². The molecule has 0 unspecified atom stereocenters. The molecule has 0 aliphatic rings. The monoisotopic (exact) mass is 350 g/mol. The van der Waals surface area contributed by atoms with Gasteiger partial charge in [0.05, 0.1) is 0 Å². The average Bonchev–Trinajstić information content (AvgIpc) is 2.53. The minimum absolute atomic E-state index is 0.0485. The molecule has 0 bridgehead atoms. The molecule has 1 N–H and O–H groups in total. The lowest BCUT2D eigenvalue weighted by Gasteiger charge is -2.15. The molecule has 4 heteroatoms. The van der Waals surface area contributed by atoms with Crippen LogP contribution in [0.15, 0.2) is 16.3 Å². The van der Waals surface area contributed by atoms with E-state index in [0.717, 1.165) is 30.7 Å². The van der Waals surface area contributed by atoms with E-state index < -0.39 is 0 Å². The van der Waals surface area contributed by atoms with Gasteiger partial charge in [0, 0.05) is 31.6 Å². The first-order valence-electron chi connectivity index (χ1n) is 9.45. The van der Waals surface area contributed by atoms with Crippen LogP contribution in [0.1, 0.15) is 80.1 Å². The van der Waals surface area contributed by atoms with Gasteiger partial charge >= 0.3 is 0 Å². The minimum Gasteiger partial charge on any atom is -0.384 e. The molecule has 0 aliphatic carbocycles. The lowest BCUT2D eigenvalue weighted by Crippen LogP contribution is -2.09. The number of rotatable bonds is 13. The Morgan fingerprint density at radius 1 is 0.960 bits per heavy atom. The summed E-state index contributed by atoms with van der Waals surface area (Å²) in [5.41, 5.74) is 3.10. The Hall–Kier alpha value is -1.29. The molecular weight excluding hydrogens is 312 g/mol. The van der Waals surface area contributed by atoms with Crippen molar-refractivity contribution in [1.29, 1.82) is 5.41 Å². The van der Waals surface area contributed by atoms with E-state index >= 15 is 0 Å². The molecule has 0 amide bonds. The molecule has 0 radical (unpaired) electrons. The van der Waals surface area contributed by atoms with Crippen LogP contribution in [0.4, 0.5) is 0 Å². The van der Waals surface area contributed by atoms with Crippen LogP contribution in [0.2, 0.25) is 0 Å². The molecule has 0 saturated carbocycles. The first-order valence-corrected chi connectivity index (χ1v) is 9.45. The van der Waals surface area contributed by atoms with Crippen LogP contribution in [0.3, 0.4) is 0 Å². The van der Waals surface area contributed by atoms with Crippen LogP contribution >= 0.6 is 0 Å². The molecular formula is C21H38N2O2. The van der Waals surface area contributed by atoms with Crippen LogP contribution in [0.25, 0.3) is 0 Å². The number of nitrogens with one attached hydrogen (secondary N) is 1. The van der Waals surface area contributed by atoms with Gasteiger partial charge in [-0.3, -0.25) is 9.79 Å². The molecule has 0 rings (SSSR count). The molecule has 0 aromatic heterocycles. The van der Waals surface area contributed by atoms with Gasteiger partial charge in [0.25, 0.3) is 0 Å². The van der Waals surface area contributed by atoms with Crippen molar-refractivity contribution >= 4 is 17.2 Å². The number of allylic oxidation sites excluding steroid dienone is 2. The predicted molar refractivity (Wildman–Crippen MR) is 108 cm³/mol. The zero-order valence-corrected chi connectivity index (χ0v) is 17.4. The second kappa shape index (κ2) is 13.0. The third-order valence-corrected chi connectivity index (χ3v) is 4.37. The fourth-order valence-corrected chi connectivity index (χ4v) is 2.66. The fourth-order valence-electron chi connectivity index (χ4n) is 2.66. The zero-order valence-electron chi connectivity index (χ0n) is 17.4. The Balaban J connectivity index is 4.53. The van der Waals surface area contributed by atoms with Crippen molar-refractivity contribution in [1.82, 2.24) is 0 Å². The summed E-state index contributed by atoms with van der Waals surface area (Å²) in [6.07, 6.45) is 5.30. The van der Waals surface area contributed by atoms with Gasteiger partial charge in [0.1, 0.15) is 5.70 Å². The second-order valence-corrected chi connectivity index (χ2v) is 7.68. The summed E-state index contributed by atoms with van der Waals surface area (Å²) in [5.74, 6) is 1.30. The number of nitrogens with zero attached hydrogens (tertiary/aromatic N) is 1. The molecule has 4 nitrogen and oxygen atoms in total. The van der Waals surface area contributed by atoms with Gasteiger partial charge in [-0.05, 0) is 70.8 Å². The number of ketones is 1. The first-order chi connectivity index (χ1) is 11.7. The highest BCUT2D eigenvalue weighted by atomic mass is 16.5. The molecule has 0 spiro atoms. The normalized spacial score (nSPS) is 14.1. The molecule has 25 heavy (non-hydrogen) atoms. The van der Waals surface area contributed by atoms with Crippen molar-refractivity contribution in [2.75, 3.05) is 13.7 Å². The lowest BCUT2D eigenvalue weighted by molar-refractivity contribution is -0.115. The summed E-state index contributed by atoms with van der Waals surface area (Å²) in [6.45, 7) is 13.0. The molecule has 0 saturated heterocycles. The van der Waals surface area contributed by atoms with E-state index in [1.54, 1.807) is 14.0 Å². The highest BCUT2D eigenvalue weighted by Gasteiger charge is 2.12. The van der Waals surface area contributed by atoms with Crippen molar-refractivity contribution in [2.24, 2.45) is 16.8 Å². The van der Waals surface area contributed by atoms with Crippen molar-refractivity contribution in [3.05, 3.63) is 11.3 Å². The second-order valence-electron chi connectivity index (χ2n) is 7.68. The van der Waals surface area contributed by atoms with E-state index in [1.165, 1.54) is 12.8 Å². The predicted octanol–water partition coefficient (Wildman–Crippen LogP) is 5.61. The van der Waals surface area contributed by atoms with Crippen LogP contribution < -0.4 is 0 Å². The van der Waals surface area contributed by atoms with E-state index in [9.17, 15) is 4.79 Å². The average molecular weight is 351 g/mol. The maximum Gasteiger partial charge on any atom is 0.181 e. The van der Waals surface area contributed by atoms with Crippen molar-refractivity contribution in [2.45, 2.75) is 80.1 Å². The van der Waals surface area contributed by atoms with E-state index in [1.807, 2.05) is 20.8 Å². The van der Waals surface area contributed by atoms with Crippen LogP contribution in [-0.2, 0) is 9.53 Å². The maximum atomic E-state index is 12.3. The Morgan fingerprint density at radius 3 is 2.08 bits per heavy atom. The van der Waals surface area contributed by atoms with Crippen molar-refractivity contribution < 1.29 is 9.53 Å². The number of hydrogen-bond donors (Lipinski definition) is 1. The van der Waals surface area contributed by atoms with Crippen LogP contribution in [0.5, 0.6) is 0 Å². The summed E-state index contributed by atoms with van der Waals surface area (Å²) in [7, 11) is 1.76. The fraction of sp³-hybridized carbons (Fsp3) is 0.762. The van der Waals surface area contributed by atoms with Crippen LogP contribution in [0, 0.1) is 17.2 Å². The molecule has 0 aliphatic heterocycles. The topological polar surface area (TPSA) is 62.5 Å². The molecule has 0 aromatic rings. The molecule has 0 fully saturated rings. The number of hydrogen-bond acceptors (Lipinski definition) is 4. The smallest absolute Gasteiger partial charge is 0.181 e. The zero-order chi connectivity index (χ0) is 19.4. The van der Waals surface area contributed by atoms with E-state index in [2.05, 4.69) is 18.8 Å². The molecule has 144 valence electrons. The highest BCUT2D eigenvalue weighted by molar-refractivity contribution is 6.00. The molecule has 0 aromatic carbocycles. The SMILES string of the molecule is COC[C@@H](C)CC[C@@H](C)CCC(C)=NC(C(=O)CCC(C)=N)=C(C)C. The number of carbonyl (C=O) groups is 1. The Labute approximate surface area is 154 Å². The standard InChI is InChI=1S/C21H38N2O2/c1-15(2)21(20(24)13-11-18(5)22)23-19(6)12-10-16(3)8-9-17(4)14-25-7/h16-17,22H,8-14H2,1-7H3/t16-,17+/m1/s1. The van der Waals surface area contributed by atoms with Gasteiger partial charge < -0.3 is 10.1 Å². The van der Waals surface area contributed by atoms with Crippen molar-refractivity contribution in [3.8, 4) is 0 Å². The van der Waals surface area contributed by atoms with Gasteiger partial charge in [-0.2, -0.15) is 0 Å². The summed E-state index contributed by atoms with van der Waals surface area (Å²) >= 11 is 0. The largest absolute Gasteiger partial charge is 0.384 e. The van der Waals surface area contributed by atoms with Gasteiger partial charge in [0.2, 0.25) is 0 Å². The number of Topliss-reactive ketones (excluding diaryl/α,β-unsaturated/α-hetero) is 1. The minimum atomic E-state index is 0.0485. The van der Waals surface area contributed by atoms with E-state index in [4.69, 9.17) is 10.1 Å². The summed E-state index contributed by atoms with van der Waals surface area (Å²) in [6, 6.07) is 0. The third kappa shape index (κ3) is 11.8. The Kier molecular flexibility index (Phi) is 12.3. The Morgan fingerprint density at radius 2 is 1.56 bits per heavy atom. The van der Waals surface area contributed by atoms with Crippen molar-refractivity contribution in [3.63, 3.8) is 0 Å². The van der Waals surface area contributed by atoms with E-state index in [0.29, 0.717) is 36.1 Å². The highest BCUT2D eigenvalue weighted by Crippen LogP contribution is 2.18. The van der Waals surface area contributed by atoms with Gasteiger partial charge in [0.15, 0.2) is 5.78 Å². The van der Waals surface area contributed by atoms with Gasteiger partial charge in [-0.1, -0.05) is 20.3 Å². The van der Waals surface area contributed by atoms with Crippen LogP contribution in [-0.4, -0.2) is 30.9 Å². The number of ether oxygens (including phenoxy) is 1.